The van der Waals surface area contributed by atoms with Crippen LogP contribution < -0.4 is 4.90 Å². The number of morpholine rings is 1. The Labute approximate surface area is 91.4 Å². The Balaban J connectivity index is 2.10. The van der Waals surface area contributed by atoms with Gasteiger partial charge in [-0.05, 0) is 22.9 Å². The molecule has 1 fully saturated rings. The standard InChI is InChI=1S/C9H12BrN3O/c1-7-6-13(2-3-14-7)9-5-11-8(10)4-12-9/h4-5,7H,2-3,6H2,1H3. The van der Waals surface area contributed by atoms with Gasteiger partial charge in [0.15, 0.2) is 0 Å². The first-order chi connectivity index (χ1) is 6.75. The van der Waals surface area contributed by atoms with Crippen molar-refractivity contribution >= 4 is 21.7 Å². The van der Waals surface area contributed by atoms with Crippen molar-refractivity contribution in [3.8, 4) is 0 Å². The van der Waals surface area contributed by atoms with E-state index in [1.165, 1.54) is 0 Å². The fourth-order valence-electron chi connectivity index (χ4n) is 1.50. The highest BCUT2D eigenvalue weighted by Crippen LogP contribution is 2.15. The van der Waals surface area contributed by atoms with Crippen LogP contribution in [0.1, 0.15) is 6.92 Å². The smallest absolute Gasteiger partial charge is 0.147 e. The molecule has 0 radical (unpaired) electrons. The quantitative estimate of drug-likeness (QED) is 0.764. The number of nitrogens with zero attached hydrogens (tertiary/aromatic N) is 3. The average molecular weight is 258 g/mol. The largest absolute Gasteiger partial charge is 0.375 e. The molecule has 0 saturated carbocycles. The van der Waals surface area contributed by atoms with Crippen molar-refractivity contribution in [3.05, 3.63) is 17.0 Å². The highest BCUT2D eigenvalue weighted by atomic mass is 79.9. The lowest BCUT2D eigenvalue weighted by molar-refractivity contribution is 0.0529. The molecule has 2 heterocycles. The van der Waals surface area contributed by atoms with Gasteiger partial charge in [-0.25, -0.2) is 9.97 Å². The molecule has 1 aliphatic rings. The number of halogens is 1. The molecule has 0 N–H and O–H groups in total. The van der Waals surface area contributed by atoms with Crippen LogP contribution in [0, 0.1) is 0 Å². The second kappa shape index (κ2) is 4.23. The van der Waals surface area contributed by atoms with Gasteiger partial charge in [-0.3, -0.25) is 0 Å². The molecule has 2 rings (SSSR count). The minimum Gasteiger partial charge on any atom is -0.375 e. The summed E-state index contributed by atoms with van der Waals surface area (Å²) in [5.41, 5.74) is 0. The van der Waals surface area contributed by atoms with Crippen molar-refractivity contribution in [3.63, 3.8) is 0 Å². The third-order valence-corrected chi connectivity index (χ3v) is 2.58. The predicted molar refractivity (Wildman–Crippen MR) is 57.4 cm³/mol. The lowest BCUT2D eigenvalue weighted by Crippen LogP contribution is -2.41. The molecule has 76 valence electrons. The number of anilines is 1. The van der Waals surface area contributed by atoms with Crippen LogP contribution in [0.3, 0.4) is 0 Å². The van der Waals surface area contributed by atoms with Crippen molar-refractivity contribution in [2.24, 2.45) is 0 Å². The van der Waals surface area contributed by atoms with Gasteiger partial charge in [-0.15, -0.1) is 0 Å². The van der Waals surface area contributed by atoms with Gasteiger partial charge in [0.25, 0.3) is 0 Å². The lowest BCUT2D eigenvalue weighted by Gasteiger charge is -2.31. The first kappa shape index (κ1) is 9.86. The number of rotatable bonds is 1. The molecule has 14 heavy (non-hydrogen) atoms. The molecular formula is C9H12BrN3O. The van der Waals surface area contributed by atoms with E-state index in [0.717, 1.165) is 30.1 Å². The molecule has 5 heteroatoms. The molecule has 0 amide bonds. The third-order valence-electron chi connectivity index (χ3n) is 2.17. The Morgan fingerprint density at radius 2 is 2.36 bits per heavy atom. The van der Waals surface area contributed by atoms with Crippen molar-refractivity contribution in [2.75, 3.05) is 24.6 Å². The Kier molecular flexibility index (Phi) is 2.98. The summed E-state index contributed by atoms with van der Waals surface area (Å²) in [4.78, 5) is 10.6. The second-order valence-electron chi connectivity index (χ2n) is 3.32. The number of hydrogen-bond acceptors (Lipinski definition) is 4. The molecule has 1 unspecified atom stereocenters. The fourth-order valence-corrected chi connectivity index (χ4v) is 1.70. The van der Waals surface area contributed by atoms with Gasteiger partial charge in [0, 0.05) is 13.1 Å². The van der Waals surface area contributed by atoms with Crippen molar-refractivity contribution in [2.45, 2.75) is 13.0 Å². The van der Waals surface area contributed by atoms with Crippen molar-refractivity contribution in [1.82, 2.24) is 9.97 Å². The molecule has 1 aliphatic heterocycles. The molecule has 1 atom stereocenters. The molecule has 1 saturated heterocycles. The van der Waals surface area contributed by atoms with Crippen LogP contribution >= 0.6 is 15.9 Å². The zero-order valence-electron chi connectivity index (χ0n) is 7.98. The van der Waals surface area contributed by atoms with E-state index in [0.29, 0.717) is 0 Å². The normalized spacial score (nSPS) is 22.4. The Morgan fingerprint density at radius 1 is 1.50 bits per heavy atom. The topological polar surface area (TPSA) is 38.2 Å². The van der Waals surface area contributed by atoms with Crippen LogP contribution in [-0.4, -0.2) is 35.8 Å². The van der Waals surface area contributed by atoms with Crippen molar-refractivity contribution < 1.29 is 4.74 Å². The fraction of sp³-hybridized carbons (Fsp3) is 0.556. The summed E-state index contributed by atoms with van der Waals surface area (Å²) < 4.78 is 6.22. The molecular weight excluding hydrogens is 246 g/mol. The SMILES string of the molecule is CC1CN(c2cnc(Br)cn2)CCO1. The zero-order valence-corrected chi connectivity index (χ0v) is 9.57. The van der Waals surface area contributed by atoms with E-state index < -0.39 is 0 Å². The maximum absolute atomic E-state index is 5.45. The maximum Gasteiger partial charge on any atom is 0.147 e. The highest BCUT2D eigenvalue weighted by Gasteiger charge is 2.17. The summed E-state index contributed by atoms with van der Waals surface area (Å²) in [7, 11) is 0. The molecule has 1 aromatic rings. The van der Waals surface area contributed by atoms with E-state index in [4.69, 9.17) is 4.74 Å². The number of ether oxygens (including phenoxy) is 1. The van der Waals surface area contributed by atoms with Gasteiger partial charge in [-0.1, -0.05) is 0 Å². The first-order valence-electron chi connectivity index (χ1n) is 4.60. The lowest BCUT2D eigenvalue weighted by atomic mass is 10.3. The monoisotopic (exact) mass is 257 g/mol. The summed E-state index contributed by atoms with van der Waals surface area (Å²) >= 11 is 3.26. The summed E-state index contributed by atoms with van der Waals surface area (Å²) in [6.07, 6.45) is 3.77. The summed E-state index contributed by atoms with van der Waals surface area (Å²) in [6.45, 7) is 4.61. The van der Waals surface area contributed by atoms with Crippen LogP contribution in [0.15, 0.2) is 17.0 Å². The van der Waals surface area contributed by atoms with Crippen LogP contribution in [-0.2, 0) is 4.74 Å². The average Bonchev–Trinajstić information content (AvgIpc) is 2.19. The first-order valence-corrected chi connectivity index (χ1v) is 5.39. The Bertz CT molecular complexity index is 303. The van der Waals surface area contributed by atoms with Gasteiger partial charge >= 0.3 is 0 Å². The van der Waals surface area contributed by atoms with Crippen LogP contribution in [0.5, 0.6) is 0 Å². The second-order valence-corrected chi connectivity index (χ2v) is 4.14. The Hall–Kier alpha value is -0.680. The van der Waals surface area contributed by atoms with Crippen LogP contribution in [0.4, 0.5) is 5.82 Å². The van der Waals surface area contributed by atoms with E-state index in [9.17, 15) is 0 Å². The summed E-state index contributed by atoms with van der Waals surface area (Å²) in [5.74, 6) is 0.920. The van der Waals surface area contributed by atoms with Crippen LogP contribution in [0.25, 0.3) is 0 Å². The van der Waals surface area contributed by atoms with E-state index in [1.54, 1.807) is 12.4 Å². The Morgan fingerprint density at radius 3 is 3.00 bits per heavy atom. The molecule has 0 aromatic carbocycles. The highest BCUT2D eigenvalue weighted by molar-refractivity contribution is 9.10. The molecule has 4 nitrogen and oxygen atoms in total. The molecule has 0 spiro atoms. The van der Waals surface area contributed by atoms with Gasteiger partial charge < -0.3 is 9.64 Å². The minimum atomic E-state index is 0.272. The molecule has 1 aromatic heterocycles. The van der Waals surface area contributed by atoms with Gasteiger partial charge in [0.2, 0.25) is 0 Å². The van der Waals surface area contributed by atoms with Gasteiger partial charge in [-0.2, -0.15) is 0 Å². The zero-order chi connectivity index (χ0) is 9.97. The predicted octanol–water partition coefficient (Wildman–Crippen LogP) is 1.46. The summed E-state index contributed by atoms with van der Waals surface area (Å²) in [6, 6.07) is 0. The van der Waals surface area contributed by atoms with E-state index in [1.807, 2.05) is 0 Å². The van der Waals surface area contributed by atoms with Crippen molar-refractivity contribution in [1.29, 1.82) is 0 Å². The molecule has 0 bridgehead atoms. The minimum absolute atomic E-state index is 0.272. The number of aromatic nitrogens is 2. The molecule has 0 aliphatic carbocycles. The third kappa shape index (κ3) is 2.22. The maximum atomic E-state index is 5.45. The summed E-state index contributed by atoms with van der Waals surface area (Å²) in [5, 5.41) is 0. The number of hydrogen-bond donors (Lipinski definition) is 0. The van der Waals surface area contributed by atoms with Crippen LogP contribution in [0.2, 0.25) is 0 Å². The van der Waals surface area contributed by atoms with E-state index in [2.05, 4.69) is 37.7 Å². The van der Waals surface area contributed by atoms with Gasteiger partial charge in [0.1, 0.15) is 10.4 Å². The van der Waals surface area contributed by atoms with E-state index >= 15 is 0 Å². The van der Waals surface area contributed by atoms with E-state index in [-0.39, 0.29) is 6.10 Å². The van der Waals surface area contributed by atoms with Gasteiger partial charge in [0.05, 0.1) is 25.1 Å².